The van der Waals surface area contributed by atoms with Gasteiger partial charge >= 0.3 is 0 Å². The van der Waals surface area contributed by atoms with Gasteiger partial charge in [-0.3, -0.25) is 4.79 Å². The van der Waals surface area contributed by atoms with E-state index in [2.05, 4.69) is 24.4 Å². The third kappa shape index (κ3) is 4.29. The number of fused-ring (bicyclic) bond motifs is 1. The van der Waals surface area contributed by atoms with Crippen molar-refractivity contribution < 1.29 is 13.9 Å². The number of methoxy groups -OCH3 is 1. The van der Waals surface area contributed by atoms with E-state index in [0.29, 0.717) is 22.0 Å². The SMILES string of the molecule is COc1ccc([C@@H](N)C(C)c2ccccc2)c2cc(C(=O)Nc3ccc(Cl)cc3)oc12. The van der Waals surface area contributed by atoms with Crippen molar-refractivity contribution in [1.82, 2.24) is 0 Å². The van der Waals surface area contributed by atoms with Crippen LogP contribution in [0.4, 0.5) is 5.69 Å². The Bertz CT molecular complexity index is 1200. The molecule has 1 unspecified atom stereocenters. The highest BCUT2D eigenvalue weighted by molar-refractivity contribution is 6.30. The van der Waals surface area contributed by atoms with Crippen LogP contribution >= 0.6 is 11.6 Å². The molecule has 4 rings (SSSR count). The minimum absolute atomic E-state index is 0.0686. The maximum Gasteiger partial charge on any atom is 0.291 e. The van der Waals surface area contributed by atoms with Gasteiger partial charge < -0.3 is 20.2 Å². The number of anilines is 1. The molecule has 1 aromatic heterocycles. The number of carbonyl (C=O) groups is 1. The fourth-order valence-corrected chi connectivity index (χ4v) is 3.77. The van der Waals surface area contributed by atoms with Gasteiger partial charge in [-0.2, -0.15) is 0 Å². The first-order valence-electron chi connectivity index (χ1n) is 9.96. The fourth-order valence-electron chi connectivity index (χ4n) is 3.64. The van der Waals surface area contributed by atoms with E-state index < -0.39 is 0 Å². The van der Waals surface area contributed by atoms with Crippen LogP contribution in [0.15, 0.2) is 77.2 Å². The molecule has 0 fully saturated rings. The van der Waals surface area contributed by atoms with Crippen molar-refractivity contribution in [3.05, 3.63) is 94.7 Å². The normalized spacial score (nSPS) is 13.0. The molecule has 2 atom stereocenters. The molecule has 0 saturated heterocycles. The van der Waals surface area contributed by atoms with Gasteiger partial charge in [0, 0.05) is 28.1 Å². The number of benzene rings is 3. The van der Waals surface area contributed by atoms with Gasteiger partial charge in [0.2, 0.25) is 0 Å². The summed E-state index contributed by atoms with van der Waals surface area (Å²) >= 11 is 5.91. The van der Waals surface area contributed by atoms with E-state index in [9.17, 15) is 4.79 Å². The van der Waals surface area contributed by atoms with Crippen molar-refractivity contribution in [2.45, 2.75) is 18.9 Å². The van der Waals surface area contributed by atoms with Gasteiger partial charge in [-0.25, -0.2) is 0 Å². The zero-order valence-electron chi connectivity index (χ0n) is 17.3. The summed E-state index contributed by atoms with van der Waals surface area (Å²) in [5.41, 5.74) is 9.81. The number of nitrogens with two attached hydrogens (primary N) is 1. The van der Waals surface area contributed by atoms with Crippen LogP contribution in [0.2, 0.25) is 5.02 Å². The number of amides is 1. The summed E-state index contributed by atoms with van der Waals surface area (Å²) in [5, 5.41) is 4.17. The molecule has 0 saturated carbocycles. The van der Waals surface area contributed by atoms with Gasteiger partial charge in [0.05, 0.1) is 7.11 Å². The van der Waals surface area contributed by atoms with Crippen molar-refractivity contribution in [2.75, 3.05) is 12.4 Å². The van der Waals surface area contributed by atoms with E-state index in [0.717, 1.165) is 16.5 Å². The summed E-state index contributed by atoms with van der Waals surface area (Å²) in [6.07, 6.45) is 0. The van der Waals surface area contributed by atoms with Gasteiger partial charge in [-0.05, 0) is 47.5 Å². The van der Waals surface area contributed by atoms with Crippen molar-refractivity contribution in [3.63, 3.8) is 0 Å². The minimum Gasteiger partial charge on any atom is -0.493 e. The molecule has 0 aliphatic rings. The summed E-state index contributed by atoms with van der Waals surface area (Å²) in [7, 11) is 1.57. The highest BCUT2D eigenvalue weighted by Crippen LogP contribution is 2.38. The first-order chi connectivity index (χ1) is 15.0. The quantitative estimate of drug-likeness (QED) is 0.381. The largest absolute Gasteiger partial charge is 0.493 e. The molecule has 5 nitrogen and oxygen atoms in total. The minimum atomic E-state index is -0.365. The van der Waals surface area contributed by atoms with Crippen LogP contribution in [0.5, 0.6) is 5.75 Å². The van der Waals surface area contributed by atoms with Gasteiger partial charge in [-0.1, -0.05) is 54.9 Å². The molecule has 3 N–H and O–H groups in total. The Kier molecular flexibility index (Phi) is 5.98. The number of ether oxygens (including phenoxy) is 1. The van der Waals surface area contributed by atoms with Gasteiger partial charge in [0.15, 0.2) is 17.1 Å². The monoisotopic (exact) mass is 434 g/mol. The Labute approximate surface area is 185 Å². The second-order valence-corrected chi connectivity index (χ2v) is 7.83. The van der Waals surface area contributed by atoms with Crippen LogP contribution in [0.3, 0.4) is 0 Å². The van der Waals surface area contributed by atoms with Gasteiger partial charge in [0.25, 0.3) is 5.91 Å². The molecule has 0 aliphatic carbocycles. The number of hydrogen-bond acceptors (Lipinski definition) is 4. The summed E-state index contributed by atoms with van der Waals surface area (Å²) in [6.45, 7) is 2.09. The van der Waals surface area contributed by atoms with E-state index in [4.69, 9.17) is 26.5 Å². The zero-order chi connectivity index (χ0) is 22.0. The molecule has 158 valence electrons. The highest BCUT2D eigenvalue weighted by atomic mass is 35.5. The Morgan fingerprint density at radius 3 is 2.45 bits per heavy atom. The van der Waals surface area contributed by atoms with Crippen LogP contribution in [-0.2, 0) is 0 Å². The standard InChI is InChI=1S/C25H23ClN2O3/c1-15(16-6-4-3-5-7-16)23(27)19-12-13-21(30-2)24-20(19)14-22(31-24)25(29)28-18-10-8-17(26)9-11-18/h3-15,23H,27H2,1-2H3,(H,28,29)/t15?,23-/m0/s1. The van der Waals surface area contributed by atoms with Crippen LogP contribution in [0, 0.1) is 0 Å². The van der Waals surface area contributed by atoms with Crippen LogP contribution in [0.1, 0.15) is 40.6 Å². The fraction of sp³-hybridized carbons (Fsp3) is 0.160. The van der Waals surface area contributed by atoms with E-state index >= 15 is 0 Å². The van der Waals surface area contributed by atoms with Crippen molar-refractivity contribution >= 4 is 34.2 Å². The maximum atomic E-state index is 12.8. The first-order valence-corrected chi connectivity index (χ1v) is 10.3. The number of rotatable bonds is 6. The van der Waals surface area contributed by atoms with E-state index in [-0.39, 0.29) is 23.6 Å². The third-order valence-corrected chi connectivity index (χ3v) is 5.70. The molecule has 1 heterocycles. The lowest BCUT2D eigenvalue weighted by Gasteiger charge is -2.21. The second kappa shape index (κ2) is 8.84. The van der Waals surface area contributed by atoms with Gasteiger partial charge in [-0.15, -0.1) is 0 Å². The predicted molar refractivity (Wildman–Crippen MR) is 124 cm³/mol. The molecule has 0 radical (unpaired) electrons. The molecular formula is C25H23ClN2O3. The molecule has 0 bridgehead atoms. The molecule has 31 heavy (non-hydrogen) atoms. The number of carbonyl (C=O) groups excluding carboxylic acids is 1. The summed E-state index contributed by atoms with van der Waals surface area (Å²) in [5.74, 6) is 0.425. The average molecular weight is 435 g/mol. The lowest BCUT2D eigenvalue weighted by molar-refractivity contribution is 0.0998. The lowest BCUT2D eigenvalue weighted by Crippen LogP contribution is -2.18. The van der Waals surface area contributed by atoms with E-state index in [1.54, 1.807) is 37.4 Å². The highest BCUT2D eigenvalue weighted by Gasteiger charge is 2.23. The molecular weight excluding hydrogens is 412 g/mol. The van der Waals surface area contributed by atoms with Crippen LogP contribution in [-0.4, -0.2) is 13.0 Å². The van der Waals surface area contributed by atoms with E-state index in [1.807, 2.05) is 30.3 Å². The van der Waals surface area contributed by atoms with Crippen molar-refractivity contribution in [1.29, 1.82) is 0 Å². The Balaban J connectivity index is 1.70. The van der Waals surface area contributed by atoms with Crippen LogP contribution < -0.4 is 15.8 Å². The molecule has 0 aliphatic heterocycles. The summed E-state index contributed by atoms with van der Waals surface area (Å²) in [4.78, 5) is 12.8. The number of furan rings is 1. The second-order valence-electron chi connectivity index (χ2n) is 7.40. The third-order valence-electron chi connectivity index (χ3n) is 5.45. The molecule has 3 aromatic carbocycles. The van der Waals surface area contributed by atoms with Crippen molar-refractivity contribution in [2.24, 2.45) is 5.73 Å². The lowest BCUT2D eigenvalue weighted by atomic mass is 9.88. The Morgan fingerprint density at radius 2 is 1.77 bits per heavy atom. The molecule has 1 amide bonds. The average Bonchev–Trinajstić information content (AvgIpc) is 3.25. The van der Waals surface area contributed by atoms with Crippen LogP contribution in [0.25, 0.3) is 11.0 Å². The maximum absolute atomic E-state index is 12.8. The number of halogens is 1. The smallest absolute Gasteiger partial charge is 0.291 e. The first kappa shape index (κ1) is 21.0. The zero-order valence-corrected chi connectivity index (χ0v) is 18.0. The summed E-state index contributed by atoms with van der Waals surface area (Å²) in [6, 6.07) is 22.2. The number of hydrogen-bond donors (Lipinski definition) is 2. The van der Waals surface area contributed by atoms with Gasteiger partial charge in [0.1, 0.15) is 0 Å². The van der Waals surface area contributed by atoms with Crippen molar-refractivity contribution in [3.8, 4) is 5.75 Å². The topological polar surface area (TPSA) is 77.5 Å². The molecule has 6 heteroatoms. The Morgan fingerprint density at radius 1 is 1.06 bits per heavy atom. The molecule has 4 aromatic rings. The predicted octanol–water partition coefficient (Wildman–Crippen LogP) is 6.15. The number of nitrogens with one attached hydrogen (secondary N) is 1. The van der Waals surface area contributed by atoms with E-state index in [1.165, 1.54) is 0 Å². The Hall–Kier alpha value is -3.28. The summed E-state index contributed by atoms with van der Waals surface area (Å²) < 4.78 is 11.4. The molecule has 0 spiro atoms.